The maximum atomic E-state index is 11.8. The topological polar surface area (TPSA) is 26.3 Å². The van der Waals surface area contributed by atoms with Gasteiger partial charge < -0.3 is 4.74 Å². The summed E-state index contributed by atoms with van der Waals surface area (Å²) in [6.07, 6.45) is 3.20. The maximum absolute atomic E-state index is 11.8. The summed E-state index contributed by atoms with van der Waals surface area (Å²) >= 11 is 1.58. The number of hydrogen-bond donors (Lipinski definition) is 0. The smallest absolute Gasteiger partial charge is 0.336 e. The van der Waals surface area contributed by atoms with E-state index in [0.29, 0.717) is 5.75 Å². The minimum atomic E-state index is -0.374. The second-order valence-corrected chi connectivity index (χ2v) is 5.64. The average molecular weight is 306 g/mol. The SMILES string of the molecule is O=C(C=Cc1cccs1)Oc1ccc(-c2ccccc2)cc1. The van der Waals surface area contributed by atoms with Crippen LogP contribution in [0.1, 0.15) is 4.88 Å². The van der Waals surface area contributed by atoms with Crippen LogP contribution in [0.25, 0.3) is 17.2 Å². The average Bonchev–Trinajstić information content (AvgIpc) is 3.08. The standard InChI is InChI=1S/C19H14O2S/c20-19(13-12-18-7-4-14-22-18)21-17-10-8-16(9-11-17)15-5-2-1-3-6-15/h1-14H. The largest absolute Gasteiger partial charge is 0.423 e. The Morgan fingerprint density at radius 1 is 0.864 bits per heavy atom. The van der Waals surface area contributed by atoms with Gasteiger partial charge in [-0.05, 0) is 40.8 Å². The second-order valence-electron chi connectivity index (χ2n) is 4.66. The Labute approximate surface area is 133 Å². The lowest BCUT2D eigenvalue weighted by Gasteiger charge is -2.04. The van der Waals surface area contributed by atoms with E-state index in [-0.39, 0.29) is 5.97 Å². The molecule has 0 aliphatic rings. The molecule has 0 atom stereocenters. The van der Waals surface area contributed by atoms with Crippen molar-refractivity contribution in [3.8, 4) is 16.9 Å². The number of rotatable bonds is 4. The molecule has 3 rings (SSSR count). The van der Waals surface area contributed by atoms with Gasteiger partial charge in [-0.15, -0.1) is 11.3 Å². The number of thiophene rings is 1. The van der Waals surface area contributed by atoms with E-state index in [0.717, 1.165) is 16.0 Å². The third-order valence-corrected chi connectivity index (χ3v) is 3.94. The van der Waals surface area contributed by atoms with Crippen molar-refractivity contribution in [2.45, 2.75) is 0 Å². The van der Waals surface area contributed by atoms with E-state index in [4.69, 9.17) is 4.74 Å². The van der Waals surface area contributed by atoms with E-state index in [1.807, 2.05) is 60.0 Å². The fourth-order valence-electron chi connectivity index (χ4n) is 2.03. The van der Waals surface area contributed by atoms with E-state index in [9.17, 15) is 4.79 Å². The molecule has 1 heterocycles. The molecule has 0 bridgehead atoms. The number of hydrogen-bond acceptors (Lipinski definition) is 3. The van der Waals surface area contributed by atoms with Gasteiger partial charge in [-0.1, -0.05) is 48.5 Å². The van der Waals surface area contributed by atoms with E-state index in [1.165, 1.54) is 6.08 Å². The van der Waals surface area contributed by atoms with Gasteiger partial charge in [0.15, 0.2) is 0 Å². The van der Waals surface area contributed by atoms with Crippen LogP contribution in [-0.4, -0.2) is 5.97 Å². The van der Waals surface area contributed by atoms with E-state index in [2.05, 4.69) is 0 Å². The van der Waals surface area contributed by atoms with Gasteiger partial charge in [-0.25, -0.2) is 4.79 Å². The van der Waals surface area contributed by atoms with E-state index in [1.54, 1.807) is 29.5 Å². The predicted octanol–water partition coefficient (Wildman–Crippen LogP) is 5.03. The fraction of sp³-hybridized carbons (Fsp3) is 0. The molecule has 0 saturated carbocycles. The molecule has 108 valence electrons. The highest BCUT2D eigenvalue weighted by molar-refractivity contribution is 7.10. The molecule has 0 radical (unpaired) electrons. The van der Waals surface area contributed by atoms with Crippen LogP contribution in [0.4, 0.5) is 0 Å². The summed E-state index contributed by atoms with van der Waals surface area (Å²) < 4.78 is 5.28. The van der Waals surface area contributed by atoms with Gasteiger partial charge in [-0.2, -0.15) is 0 Å². The van der Waals surface area contributed by atoms with Gasteiger partial charge in [-0.3, -0.25) is 0 Å². The summed E-state index contributed by atoms with van der Waals surface area (Å²) in [6.45, 7) is 0. The zero-order valence-corrected chi connectivity index (χ0v) is 12.6. The summed E-state index contributed by atoms with van der Waals surface area (Å²) in [6, 6.07) is 21.5. The quantitative estimate of drug-likeness (QED) is 0.384. The summed E-state index contributed by atoms with van der Waals surface area (Å²) in [5.74, 6) is 0.168. The zero-order valence-electron chi connectivity index (χ0n) is 11.8. The van der Waals surface area contributed by atoms with Gasteiger partial charge in [0, 0.05) is 11.0 Å². The second kappa shape index (κ2) is 6.87. The molecule has 22 heavy (non-hydrogen) atoms. The first-order chi connectivity index (χ1) is 10.8. The van der Waals surface area contributed by atoms with Crippen LogP contribution >= 0.6 is 11.3 Å². The minimum Gasteiger partial charge on any atom is -0.423 e. The lowest BCUT2D eigenvalue weighted by Crippen LogP contribution is -2.03. The Kier molecular flexibility index (Phi) is 4.47. The van der Waals surface area contributed by atoms with Crippen molar-refractivity contribution in [2.24, 2.45) is 0 Å². The van der Waals surface area contributed by atoms with Crippen LogP contribution in [0.5, 0.6) is 5.75 Å². The number of esters is 1. The summed E-state index contributed by atoms with van der Waals surface area (Å²) in [7, 11) is 0. The molecule has 0 saturated heterocycles. The van der Waals surface area contributed by atoms with Gasteiger partial charge in [0.2, 0.25) is 0 Å². The van der Waals surface area contributed by atoms with Crippen LogP contribution in [0, 0.1) is 0 Å². The van der Waals surface area contributed by atoms with Gasteiger partial charge in [0.1, 0.15) is 5.75 Å². The highest BCUT2D eigenvalue weighted by Gasteiger charge is 2.02. The zero-order chi connectivity index (χ0) is 15.2. The molecular formula is C19H14O2S. The normalized spacial score (nSPS) is 10.7. The van der Waals surface area contributed by atoms with Crippen molar-refractivity contribution in [3.63, 3.8) is 0 Å². The molecule has 3 heteroatoms. The molecule has 0 unspecified atom stereocenters. The first kappa shape index (κ1) is 14.3. The van der Waals surface area contributed by atoms with Crippen molar-refractivity contribution < 1.29 is 9.53 Å². The molecule has 0 amide bonds. The Morgan fingerprint density at radius 2 is 1.59 bits per heavy atom. The van der Waals surface area contributed by atoms with Gasteiger partial charge >= 0.3 is 5.97 Å². The van der Waals surface area contributed by atoms with Crippen molar-refractivity contribution in [1.29, 1.82) is 0 Å². The lowest BCUT2D eigenvalue weighted by molar-refractivity contribution is -0.128. The molecule has 0 fully saturated rings. The minimum absolute atomic E-state index is 0.374. The molecule has 0 N–H and O–H groups in total. The van der Waals surface area contributed by atoms with Crippen molar-refractivity contribution >= 4 is 23.4 Å². The van der Waals surface area contributed by atoms with Crippen LogP contribution < -0.4 is 4.74 Å². The third-order valence-electron chi connectivity index (χ3n) is 3.11. The first-order valence-electron chi connectivity index (χ1n) is 6.90. The fourth-order valence-corrected chi connectivity index (χ4v) is 2.65. The Morgan fingerprint density at radius 3 is 2.27 bits per heavy atom. The maximum Gasteiger partial charge on any atom is 0.336 e. The van der Waals surface area contributed by atoms with E-state index < -0.39 is 0 Å². The molecular weight excluding hydrogens is 292 g/mol. The molecule has 1 aromatic heterocycles. The Bertz CT molecular complexity index is 757. The van der Waals surface area contributed by atoms with Crippen LogP contribution in [-0.2, 0) is 4.79 Å². The number of benzene rings is 2. The lowest BCUT2D eigenvalue weighted by atomic mass is 10.1. The Hall–Kier alpha value is -2.65. The molecule has 0 spiro atoms. The summed E-state index contributed by atoms with van der Waals surface area (Å²) in [4.78, 5) is 12.8. The summed E-state index contributed by atoms with van der Waals surface area (Å²) in [5.41, 5.74) is 2.23. The molecule has 2 aromatic carbocycles. The van der Waals surface area contributed by atoms with Crippen LogP contribution in [0.15, 0.2) is 78.2 Å². The summed E-state index contributed by atoms with van der Waals surface area (Å²) in [5, 5.41) is 1.97. The number of carbonyl (C=O) groups is 1. The van der Waals surface area contributed by atoms with Crippen molar-refractivity contribution in [2.75, 3.05) is 0 Å². The molecule has 2 nitrogen and oxygen atoms in total. The molecule has 0 aliphatic carbocycles. The van der Waals surface area contributed by atoms with Crippen molar-refractivity contribution in [3.05, 3.63) is 83.1 Å². The number of ether oxygens (including phenoxy) is 1. The Balaban J connectivity index is 1.65. The number of carbonyl (C=O) groups excluding carboxylic acids is 1. The first-order valence-corrected chi connectivity index (χ1v) is 7.78. The molecule has 0 aliphatic heterocycles. The van der Waals surface area contributed by atoms with E-state index >= 15 is 0 Å². The molecule has 3 aromatic rings. The van der Waals surface area contributed by atoms with Crippen molar-refractivity contribution in [1.82, 2.24) is 0 Å². The predicted molar refractivity (Wildman–Crippen MR) is 90.9 cm³/mol. The highest BCUT2D eigenvalue weighted by Crippen LogP contribution is 2.22. The van der Waals surface area contributed by atoms with Crippen LogP contribution in [0.2, 0.25) is 0 Å². The van der Waals surface area contributed by atoms with Crippen LogP contribution in [0.3, 0.4) is 0 Å². The third kappa shape index (κ3) is 3.71. The highest BCUT2D eigenvalue weighted by atomic mass is 32.1. The monoisotopic (exact) mass is 306 g/mol. The van der Waals surface area contributed by atoms with Gasteiger partial charge in [0.05, 0.1) is 0 Å². The van der Waals surface area contributed by atoms with Gasteiger partial charge in [0.25, 0.3) is 0 Å².